The molecule has 2 N–H and O–H groups in total. The van der Waals surface area contributed by atoms with E-state index in [0.717, 1.165) is 11.3 Å². The summed E-state index contributed by atoms with van der Waals surface area (Å²) in [5, 5.41) is 16.9. The monoisotopic (exact) mass is 207 g/mol. The van der Waals surface area contributed by atoms with Crippen LogP contribution in [0.5, 0.6) is 0 Å². The number of aromatic nitrogens is 2. The van der Waals surface area contributed by atoms with Gasteiger partial charge in [-0.15, -0.1) is 10.2 Å². The van der Waals surface area contributed by atoms with Gasteiger partial charge in [0.2, 0.25) is 9.60 Å². The lowest BCUT2D eigenvalue weighted by Crippen LogP contribution is -2.21. The molecule has 0 saturated carbocycles. The molecule has 6 nitrogen and oxygen atoms in total. The van der Waals surface area contributed by atoms with Crippen molar-refractivity contribution in [1.82, 2.24) is 10.2 Å². The molecule has 0 unspecified atom stereocenters. The van der Waals surface area contributed by atoms with E-state index in [9.17, 15) is 9.59 Å². The minimum absolute atomic E-state index is 0.0624. The lowest BCUT2D eigenvalue weighted by molar-refractivity contribution is -0.147. The third-order valence-corrected chi connectivity index (χ3v) is 1.75. The summed E-state index contributed by atoms with van der Waals surface area (Å²) in [4.78, 5) is 20.5. The molecular weight excluding hydrogens is 206 g/mol. The van der Waals surface area contributed by atoms with E-state index in [1.807, 2.05) is 5.32 Å². The molecule has 1 aromatic heterocycles. The number of amides is 1. The number of nitrogens with one attached hydrogen (secondary N) is 1. The standard InChI is InChI=1S/C4H2ClN3O3S/c5-3-7-8-4(12-3)6-1(9)2(10)11/h(H,10,11)(H,6,8,9). The summed E-state index contributed by atoms with van der Waals surface area (Å²) in [6, 6.07) is 0. The molecule has 1 rings (SSSR count). The Morgan fingerprint density at radius 3 is 2.58 bits per heavy atom. The summed E-state index contributed by atoms with van der Waals surface area (Å²) in [6.07, 6.45) is 0. The average molecular weight is 208 g/mol. The van der Waals surface area contributed by atoms with Crippen molar-refractivity contribution in [3.63, 3.8) is 0 Å². The molecule has 0 bridgehead atoms. The Morgan fingerprint density at radius 1 is 1.50 bits per heavy atom. The molecule has 0 fully saturated rings. The van der Waals surface area contributed by atoms with Gasteiger partial charge in [-0.2, -0.15) is 0 Å². The Bertz CT molecular complexity index is 325. The predicted molar refractivity (Wildman–Crippen MR) is 41.2 cm³/mol. The summed E-state index contributed by atoms with van der Waals surface area (Å²) in [5.74, 6) is -2.75. The molecule has 0 aliphatic rings. The summed E-state index contributed by atoms with van der Waals surface area (Å²) in [6.45, 7) is 0. The number of carbonyl (C=O) groups is 2. The molecular formula is C4H2ClN3O3S. The minimum atomic E-state index is -1.58. The first kappa shape index (κ1) is 8.88. The van der Waals surface area contributed by atoms with E-state index in [1.54, 1.807) is 0 Å². The average Bonchev–Trinajstić information content (AvgIpc) is 2.35. The summed E-state index contributed by atoms with van der Waals surface area (Å²) < 4.78 is 0.135. The number of hydrogen-bond donors (Lipinski definition) is 2. The Balaban J connectivity index is 2.64. The van der Waals surface area contributed by atoms with Gasteiger partial charge in [0.25, 0.3) is 0 Å². The lowest BCUT2D eigenvalue weighted by atomic mass is 10.6. The van der Waals surface area contributed by atoms with E-state index in [2.05, 4.69) is 10.2 Å². The first-order valence-corrected chi connectivity index (χ1v) is 3.82. The van der Waals surface area contributed by atoms with Crippen LogP contribution in [0.1, 0.15) is 0 Å². The molecule has 0 saturated heterocycles. The number of nitrogens with zero attached hydrogens (tertiary/aromatic N) is 2. The summed E-state index contributed by atoms with van der Waals surface area (Å²) in [7, 11) is 0. The molecule has 1 heterocycles. The molecule has 0 aliphatic heterocycles. The van der Waals surface area contributed by atoms with Crippen LogP contribution in [-0.2, 0) is 9.59 Å². The molecule has 0 atom stereocenters. The molecule has 1 amide bonds. The number of rotatable bonds is 1. The van der Waals surface area contributed by atoms with Crippen LogP contribution in [0.25, 0.3) is 0 Å². The van der Waals surface area contributed by atoms with Crippen LogP contribution in [0.3, 0.4) is 0 Å². The molecule has 1 aromatic rings. The molecule has 0 aliphatic carbocycles. The predicted octanol–water partition coefficient (Wildman–Crippen LogP) is 0.215. The number of carboxylic acids is 1. The van der Waals surface area contributed by atoms with E-state index in [-0.39, 0.29) is 9.60 Å². The van der Waals surface area contributed by atoms with Crippen molar-refractivity contribution in [2.75, 3.05) is 5.32 Å². The van der Waals surface area contributed by atoms with Crippen molar-refractivity contribution < 1.29 is 14.7 Å². The molecule has 0 aromatic carbocycles. The van der Waals surface area contributed by atoms with Crippen molar-refractivity contribution >= 4 is 39.9 Å². The molecule has 0 spiro atoms. The highest BCUT2D eigenvalue weighted by Crippen LogP contribution is 2.18. The number of halogens is 1. The second kappa shape index (κ2) is 3.46. The highest BCUT2D eigenvalue weighted by molar-refractivity contribution is 7.19. The van der Waals surface area contributed by atoms with Gasteiger partial charge in [0, 0.05) is 0 Å². The van der Waals surface area contributed by atoms with Crippen LogP contribution in [0.15, 0.2) is 0 Å². The van der Waals surface area contributed by atoms with Gasteiger partial charge in [-0.1, -0.05) is 11.3 Å². The van der Waals surface area contributed by atoms with Crippen LogP contribution in [0.2, 0.25) is 4.47 Å². The lowest BCUT2D eigenvalue weighted by Gasteiger charge is -1.91. The second-order valence-corrected chi connectivity index (χ2v) is 3.18. The number of anilines is 1. The van der Waals surface area contributed by atoms with Gasteiger partial charge in [-0.05, 0) is 11.6 Å². The fraction of sp³-hybridized carbons (Fsp3) is 0. The first-order valence-electron chi connectivity index (χ1n) is 2.63. The Kier molecular flexibility index (Phi) is 2.56. The van der Waals surface area contributed by atoms with Gasteiger partial charge in [-0.25, -0.2) is 4.79 Å². The fourth-order valence-corrected chi connectivity index (χ4v) is 1.13. The van der Waals surface area contributed by atoms with E-state index >= 15 is 0 Å². The van der Waals surface area contributed by atoms with E-state index in [4.69, 9.17) is 16.7 Å². The van der Waals surface area contributed by atoms with Gasteiger partial charge in [0.1, 0.15) is 0 Å². The zero-order valence-electron chi connectivity index (χ0n) is 5.44. The van der Waals surface area contributed by atoms with Gasteiger partial charge < -0.3 is 5.11 Å². The largest absolute Gasteiger partial charge is 0.474 e. The number of carbonyl (C=O) groups excluding carboxylic acids is 1. The van der Waals surface area contributed by atoms with Crippen LogP contribution in [0, 0.1) is 0 Å². The Morgan fingerprint density at radius 2 is 2.17 bits per heavy atom. The summed E-state index contributed by atoms with van der Waals surface area (Å²) in [5.41, 5.74) is 0. The molecule has 12 heavy (non-hydrogen) atoms. The highest BCUT2D eigenvalue weighted by atomic mass is 35.5. The molecule has 0 radical (unpaired) electrons. The maximum Gasteiger partial charge on any atom is 0.394 e. The smallest absolute Gasteiger partial charge is 0.394 e. The zero-order valence-corrected chi connectivity index (χ0v) is 7.02. The van der Waals surface area contributed by atoms with Gasteiger partial charge in [-0.3, -0.25) is 10.1 Å². The third kappa shape index (κ3) is 2.14. The van der Waals surface area contributed by atoms with Gasteiger partial charge in [0.05, 0.1) is 0 Å². The normalized spacial score (nSPS) is 9.42. The van der Waals surface area contributed by atoms with Crippen molar-refractivity contribution in [3.8, 4) is 0 Å². The van der Waals surface area contributed by atoms with Crippen molar-refractivity contribution in [2.24, 2.45) is 0 Å². The third-order valence-electron chi connectivity index (χ3n) is 0.815. The van der Waals surface area contributed by atoms with Crippen molar-refractivity contribution in [1.29, 1.82) is 0 Å². The van der Waals surface area contributed by atoms with Crippen LogP contribution < -0.4 is 5.32 Å². The number of aliphatic carboxylic acids is 1. The number of hydrogen-bond acceptors (Lipinski definition) is 5. The van der Waals surface area contributed by atoms with E-state index < -0.39 is 11.9 Å². The van der Waals surface area contributed by atoms with Gasteiger partial charge >= 0.3 is 11.9 Å². The molecule has 64 valence electrons. The minimum Gasteiger partial charge on any atom is -0.474 e. The zero-order chi connectivity index (χ0) is 9.14. The SMILES string of the molecule is O=C(O)C(=O)Nc1nnc(Cl)s1. The topological polar surface area (TPSA) is 92.2 Å². The fourth-order valence-electron chi connectivity index (χ4n) is 0.406. The van der Waals surface area contributed by atoms with Crippen LogP contribution in [0.4, 0.5) is 5.13 Å². The highest BCUT2D eigenvalue weighted by Gasteiger charge is 2.13. The first-order chi connectivity index (χ1) is 5.59. The van der Waals surface area contributed by atoms with Crippen molar-refractivity contribution in [3.05, 3.63) is 4.47 Å². The van der Waals surface area contributed by atoms with Crippen LogP contribution in [-0.4, -0.2) is 27.2 Å². The quantitative estimate of drug-likeness (QED) is 0.643. The molecule has 8 heteroatoms. The second-order valence-electron chi connectivity index (χ2n) is 1.62. The van der Waals surface area contributed by atoms with Crippen LogP contribution >= 0.6 is 22.9 Å². The van der Waals surface area contributed by atoms with E-state index in [1.165, 1.54) is 0 Å². The Hall–Kier alpha value is -1.21. The Labute approximate surface area is 75.2 Å². The summed E-state index contributed by atoms with van der Waals surface area (Å²) >= 11 is 6.25. The van der Waals surface area contributed by atoms with Gasteiger partial charge in [0.15, 0.2) is 0 Å². The van der Waals surface area contributed by atoms with Crippen molar-refractivity contribution in [2.45, 2.75) is 0 Å². The number of carboxylic acid groups (broad SMARTS) is 1. The maximum absolute atomic E-state index is 10.5. The maximum atomic E-state index is 10.5. The van der Waals surface area contributed by atoms with E-state index in [0.29, 0.717) is 0 Å².